The number of hydrogen-bond donors (Lipinski definition) is 3. The maximum atomic E-state index is 13.6. The first-order valence-corrected chi connectivity index (χ1v) is 13.3. The summed E-state index contributed by atoms with van der Waals surface area (Å²) >= 11 is 0. The van der Waals surface area contributed by atoms with E-state index in [0.29, 0.717) is 12.8 Å². The lowest BCUT2D eigenvalue weighted by Gasteiger charge is -2.33. The molecule has 0 aromatic heterocycles. The number of fused-ring (bicyclic) bond motifs is 1. The minimum atomic E-state index is -0.962. The van der Waals surface area contributed by atoms with Crippen molar-refractivity contribution in [2.24, 2.45) is 5.92 Å². The Bertz CT molecular complexity index is 1210. The van der Waals surface area contributed by atoms with Crippen molar-refractivity contribution in [2.75, 3.05) is 0 Å². The molecule has 38 heavy (non-hydrogen) atoms. The number of nitrogens with one attached hydrogen (secondary N) is 2. The van der Waals surface area contributed by atoms with Gasteiger partial charge in [0.15, 0.2) is 0 Å². The van der Waals surface area contributed by atoms with Crippen LogP contribution in [0.5, 0.6) is 0 Å². The van der Waals surface area contributed by atoms with Crippen LogP contribution in [0, 0.1) is 5.92 Å². The maximum Gasteiger partial charge on any atom is 0.407 e. The van der Waals surface area contributed by atoms with E-state index in [-0.39, 0.29) is 18.4 Å². The third-order valence-corrected chi connectivity index (χ3v) is 6.86. The Labute approximate surface area is 225 Å². The molecule has 0 saturated heterocycles. The van der Waals surface area contributed by atoms with E-state index < -0.39 is 29.8 Å². The lowest BCUT2D eigenvalue weighted by molar-refractivity contribution is -0.127. The number of benzene rings is 3. The minimum Gasteiger partial charge on any atom is -0.444 e. The van der Waals surface area contributed by atoms with Gasteiger partial charge in [-0.2, -0.15) is 0 Å². The van der Waals surface area contributed by atoms with Gasteiger partial charge in [0.1, 0.15) is 5.60 Å². The molecule has 200 valence electrons. The highest BCUT2D eigenvalue weighted by molar-refractivity contribution is 5.80. The Balaban J connectivity index is 1.50. The first kappa shape index (κ1) is 27.4. The molecule has 6 nitrogen and oxygen atoms in total. The molecule has 0 aliphatic heterocycles. The van der Waals surface area contributed by atoms with E-state index in [0.717, 1.165) is 23.1 Å². The van der Waals surface area contributed by atoms with Crippen LogP contribution in [-0.2, 0) is 28.8 Å². The van der Waals surface area contributed by atoms with E-state index in [9.17, 15) is 14.7 Å². The number of amides is 2. The Kier molecular flexibility index (Phi) is 8.85. The standard InChI is InChI=1S/C32H38N2O4/c1-32(2,3)38-31(37)34-28(19-23-14-8-5-9-15-23)29(35)21-25(18-22-12-6-4-7-13-22)30(36)33-27-20-24-16-10-11-17-26(24)27/h4-17,25,27-29,35H,18-21H2,1-3H3,(H,33,36)(H,34,37)/t25-,27-,28+,29+/m1/s1. The molecule has 4 rings (SSSR count). The molecule has 3 aromatic carbocycles. The van der Waals surface area contributed by atoms with Gasteiger partial charge < -0.3 is 20.5 Å². The van der Waals surface area contributed by atoms with Crippen LogP contribution in [0.4, 0.5) is 4.79 Å². The molecule has 1 aliphatic carbocycles. The monoisotopic (exact) mass is 514 g/mol. The number of hydrogen-bond acceptors (Lipinski definition) is 4. The highest BCUT2D eigenvalue weighted by Gasteiger charge is 2.33. The molecule has 1 aliphatic rings. The number of alkyl carbamates (subject to hydrolysis) is 1. The van der Waals surface area contributed by atoms with Gasteiger partial charge in [0.2, 0.25) is 5.91 Å². The number of ether oxygens (including phenoxy) is 1. The number of aliphatic hydroxyl groups is 1. The van der Waals surface area contributed by atoms with Crippen LogP contribution in [0.3, 0.4) is 0 Å². The fourth-order valence-electron chi connectivity index (χ4n) is 4.92. The van der Waals surface area contributed by atoms with Crippen molar-refractivity contribution in [1.82, 2.24) is 10.6 Å². The van der Waals surface area contributed by atoms with E-state index in [1.807, 2.05) is 78.9 Å². The maximum absolute atomic E-state index is 13.6. The summed E-state index contributed by atoms with van der Waals surface area (Å²) in [7, 11) is 0. The lowest BCUT2D eigenvalue weighted by Crippen LogP contribution is -2.48. The van der Waals surface area contributed by atoms with Crippen molar-refractivity contribution < 1.29 is 19.4 Å². The van der Waals surface area contributed by atoms with E-state index in [1.54, 1.807) is 20.8 Å². The predicted octanol–water partition coefficient (Wildman–Crippen LogP) is 5.15. The van der Waals surface area contributed by atoms with Crippen LogP contribution in [-0.4, -0.2) is 34.9 Å². The molecular weight excluding hydrogens is 476 g/mol. The molecule has 0 unspecified atom stereocenters. The topological polar surface area (TPSA) is 87.7 Å². The molecule has 0 fully saturated rings. The smallest absolute Gasteiger partial charge is 0.407 e. The lowest BCUT2D eigenvalue weighted by atomic mass is 9.82. The summed E-state index contributed by atoms with van der Waals surface area (Å²) in [4.78, 5) is 26.2. The molecule has 0 spiro atoms. The molecule has 0 heterocycles. The molecule has 0 radical (unpaired) electrons. The first-order chi connectivity index (χ1) is 18.2. The summed E-state index contributed by atoms with van der Waals surface area (Å²) in [5.74, 6) is -0.568. The zero-order valence-electron chi connectivity index (χ0n) is 22.4. The fraction of sp³-hybridized carbons (Fsp3) is 0.375. The first-order valence-electron chi connectivity index (χ1n) is 13.3. The highest BCUT2D eigenvalue weighted by atomic mass is 16.6. The molecule has 2 amide bonds. The van der Waals surface area contributed by atoms with Crippen molar-refractivity contribution in [2.45, 2.75) is 70.2 Å². The Hall–Kier alpha value is -3.64. The van der Waals surface area contributed by atoms with Crippen LogP contribution in [0.25, 0.3) is 0 Å². The second-order valence-corrected chi connectivity index (χ2v) is 11.1. The second-order valence-electron chi connectivity index (χ2n) is 11.1. The third kappa shape index (κ3) is 7.68. The predicted molar refractivity (Wildman–Crippen MR) is 149 cm³/mol. The van der Waals surface area contributed by atoms with Crippen molar-refractivity contribution in [3.63, 3.8) is 0 Å². The van der Waals surface area contributed by atoms with Crippen molar-refractivity contribution in [1.29, 1.82) is 0 Å². The van der Waals surface area contributed by atoms with E-state index in [2.05, 4.69) is 16.7 Å². The number of rotatable bonds is 10. The van der Waals surface area contributed by atoms with Crippen molar-refractivity contribution in [3.8, 4) is 0 Å². The normalized spacial score (nSPS) is 16.8. The van der Waals surface area contributed by atoms with Crippen LogP contribution >= 0.6 is 0 Å². The SMILES string of the molecule is CC(C)(C)OC(=O)N[C@@H](Cc1ccccc1)[C@@H](O)C[C@@H](Cc1ccccc1)C(=O)N[C@@H]1Cc2ccccc21. The fourth-order valence-corrected chi connectivity index (χ4v) is 4.92. The molecule has 0 bridgehead atoms. The van der Waals surface area contributed by atoms with Gasteiger partial charge in [0.05, 0.1) is 18.2 Å². The van der Waals surface area contributed by atoms with Gasteiger partial charge in [0, 0.05) is 5.92 Å². The average molecular weight is 515 g/mol. The van der Waals surface area contributed by atoms with Crippen molar-refractivity contribution >= 4 is 12.0 Å². The van der Waals surface area contributed by atoms with Crippen LogP contribution in [0.15, 0.2) is 84.9 Å². The minimum absolute atomic E-state index is 0.0193. The number of carbonyl (C=O) groups excluding carboxylic acids is 2. The second kappa shape index (κ2) is 12.3. The summed E-state index contributed by atoms with van der Waals surface area (Å²) in [5, 5.41) is 17.5. The van der Waals surface area contributed by atoms with Crippen molar-refractivity contribution in [3.05, 3.63) is 107 Å². The summed E-state index contributed by atoms with van der Waals surface area (Å²) in [6.07, 6.45) is 0.352. The highest BCUT2D eigenvalue weighted by Crippen LogP contribution is 2.33. The van der Waals surface area contributed by atoms with Gasteiger partial charge in [-0.15, -0.1) is 0 Å². The Morgan fingerprint density at radius 2 is 1.47 bits per heavy atom. The zero-order chi connectivity index (χ0) is 27.1. The largest absolute Gasteiger partial charge is 0.444 e. The van der Waals surface area contributed by atoms with Gasteiger partial charge in [-0.3, -0.25) is 4.79 Å². The van der Waals surface area contributed by atoms with Crippen LogP contribution < -0.4 is 10.6 Å². The van der Waals surface area contributed by atoms with Crippen LogP contribution in [0.1, 0.15) is 55.5 Å². The molecular formula is C32H38N2O4. The molecule has 3 N–H and O–H groups in total. The zero-order valence-corrected chi connectivity index (χ0v) is 22.4. The number of carbonyl (C=O) groups is 2. The summed E-state index contributed by atoms with van der Waals surface area (Å²) in [6, 6.07) is 27.0. The Morgan fingerprint density at radius 3 is 2.08 bits per heavy atom. The van der Waals surface area contributed by atoms with Gasteiger partial charge >= 0.3 is 6.09 Å². The molecule has 6 heteroatoms. The average Bonchev–Trinajstić information content (AvgIpc) is 2.86. The van der Waals surface area contributed by atoms with Gasteiger partial charge in [0.25, 0.3) is 0 Å². The molecule has 0 saturated carbocycles. The van der Waals surface area contributed by atoms with E-state index in [4.69, 9.17) is 4.74 Å². The van der Waals surface area contributed by atoms with E-state index in [1.165, 1.54) is 5.56 Å². The van der Waals surface area contributed by atoms with Gasteiger partial charge in [-0.25, -0.2) is 4.79 Å². The van der Waals surface area contributed by atoms with Gasteiger partial charge in [-0.05, 0) is 68.7 Å². The molecule has 4 atom stereocenters. The van der Waals surface area contributed by atoms with E-state index >= 15 is 0 Å². The summed E-state index contributed by atoms with van der Waals surface area (Å²) < 4.78 is 5.47. The van der Waals surface area contributed by atoms with Gasteiger partial charge in [-0.1, -0.05) is 84.9 Å². The summed E-state index contributed by atoms with van der Waals surface area (Å²) in [5.41, 5.74) is 3.73. The molecule has 3 aromatic rings. The Morgan fingerprint density at radius 1 is 0.895 bits per heavy atom. The third-order valence-electron chi connectivity index (χ3n) is 6.86. The quantitative estimate of drug-likeness (QED) is 0.349. The number of aliphatic hydroxyl groups excluding tert-OH is 1. The summed E-state index contributed by atoms with van der Waals surface area (Å²) in [6.45, 7) is 5.40. The van der Waals surface area contributed by atoms with Crippen LogP contribution in [0.2, 0.25) is 0 Å².